The van der Waals surface area contributed by atoms with Crippen molar-refractivity contribution in [2.45, 2.75) is 83.6 Å². The Morgan fingerprint density at radius 3 is 2.32 bits per heavy atom. The van der Waals surface area contributed by atoms with Crippen LogP contribution >= 0.6 is 0 Å². The monoisotopic (exact) mass is 269 g/mol. The Balaban J connectivity index is 1.91. The van der Waals surface area contributed by atoms with Gasteiger partial charge in [-0.1, -0.05) is 58.3 Å². The summed E-state index contributed by atoms with van der Waals surface area (Å²) in [4.78, 5) is 0. The smallest absolute Gasteiger partial charge is 0.0495 e. The fourth-order valence-corrected chi connectivity index (χ4v) is 3.08. The third-order valence-corrected chi connectivity index (χ3v) is 4.46. The maximum atomic E-state index is 5.46. The van der Waals surface area contributed by atoms with Crippen molar-refractivity contribution < 1.29 is 4.74 Å². The molecule has 0 bridgehead atoms. The van der Waals surface area contributed by atoms with E-state index in [1.165, 1.54) is 70.6 Å². The van der Waals surface area contributed by atoms with Crippen LogP contribution in [0.5, 0.6) is 0 Å². The molecule has 19 heavy (non-hydrogen) atoms. The second-order valence-corrected chi connectivity index (χ2v) is 6.21. The van der Waals surface area contributed by atoms with Crippen LogP contribution in [0.4, 0.5) is 0 Å². The van der Waals surface area contributed by atoms with Crippen molar-refractivity contribution in [1.82, 2.24) is 5.32 Å². The maximum Gasteiger partial charge on any atom is 0.0495 e. The molecular weight excluding hydrogens is 234 g/mol. The number of hydrogen-bond acceptors (Lipinski definition) is 2. The molecule has 0 spiro atoms. The van der Waals surface area contributed by atoms with Gasteiger partial charge in [-0.15, -0.1) is 0 Å². The highest BCUT2D eigenvalue weighted by Crippen LogP contribution is 2.20. The zero-order valence-electron chi connectivity index (χ0n) is 13.3. The molecule has 2 heteroatoms. The van der Waals surface area contributed by atoms with E-state index in [0.29, 0.717) is 6.04 Å². The predicted octanol–water partition coefficient (Wildman–Crippen LogP) is 4.53. The molecule has 1 aliphatic rings. The lowest BCUT2D eigenvalue weighted by Crippen LogP contribution is -2.28. The molecule has 2 unspecified atom stereocenters. The van der Waals surface area contributed by atoms with Crippen LogP contribution in [0.15, 0.2) is 0 Å². The zero-order valence-corrected chi connectivity index (χ0v) is 13.3. The summed E-state index contributed by atoms with van der Waals surface area (Å²) >= 11 is 0. The fraction of sp³-hybridized carbons (Fsp3) is 1.00. The molecule has 1 fully saturated rings. The van der Waals surface area contributed by atoms with Crippen molar-refractivity contribution in [3.8, 4) is 0 Å². The first kappa shape index (κ1) is 17.0. The number of rotatable bonds is 12. The van der Waals surface area contributed by atoms with Crippen molar-refractivity contribution >= 4 is 0 Å². The van der Waals surface area contributed by atoms with Gasteiger partial charge in [-0.25, -0.2) is 0 Å². The average molecular weight is 269 g/mol. The van der Waals surface area contributed by atoms with E-state index in [1.54, 1.807) is 0 Å². The predicted molar refractivity (Wildman–Crippen MR) is 83.6 cm³/mol. The second kappa shape index (κ2) is 11.7. The number of hydrogen-bond donors (Lipinski definition) is 1. The zero-order chi connectivity index (χ0) is 13.8. The van der Waals surface area contributed by atoms with Gasteiger partial charge < -0.3 is 10.1 Å². The Labute approximate surface area is 120 Å². The van der Waals surface area contributed by atoms with Gasteiger partial charge in [-0.2, -0.15) is 0 Å². The molecule has 1 saturated heterocycles. The molecule has 0 radical (unpaired) electrons. The lowest BCUT2D eigenvalue weighted by atomic mass is 9.95. The molecule has 1 N–H and O–H groups in total. The van der Waals surface area contributed by atoms with E-state index < -0.39 is 0 Å². The van der Waals surface area contributed by atoms with Crippen LogP contribution in [0.1, 0.15) is 77.6 Å². The summed E-state index contributed by atoms with van der Waals surface area (Å²) < 4.78 is 5.46. The quantitative estimate of drug-likeness (QED) is 0.525. The third-order valence-electron chi connectivity index (χ3n) is 4.46. The molecule has 114 valence electrons. The SMILES string of the molecule is CCCCCCCCCCC(CC1CCOC1)NC. The van der Waals surface area contributed by atoms with Crippen LogP contribution in [0, 0.1) is 5.92 Å². The van der Waals surface area contributed by atoms with Crippen LogP contribution in [0.3, 0.4) is 0 Å². The van der Waals surface area contributed by atoms with E-state index in [4.69, 9.17) is 4.74 Å². The molecule has 1 rings (SSSR count). The molecule has 0 aliphatic carbocycles. The van der Waals surface area contributed by atoms with Crippen molar-refractivity contribution in [2.24, 2.45) is 5.92 Å². The van der Waals surface area contributed by atoms with Gasteiger partial charge >= 0.3 is 0 Å². The molecule has 2 nitrogen and oxygen atoms in total. The van der Waals surface area contributed by atoms with Gasteiger partial charge in [0.25, 0.3) is 0 Å². The summed E-state index contributed by atoms with van der Waals surface area (Å²) in [5.41, 5.74) is 0. The van der Waals surface area contributed by atoms with Crippen LogP contribution in [0.2, 0.25) is 0 Å². The van der Waals surface area contributed by atoms with E-state index >= 15 is 0 Å². The molecule has 0 aromatic rings. The fourth-order valence-electron chi connectivity index (χ4n) is 3.08. The summed E-state index contributed by atoms with van der Waals surface area (Å²) in [7, 11) is 2.12. The highest BCUT2D eigenvalue weighted by Gasteiger charge is 2.19. The normalized spacial score (nSPS) is 20.8. The lowest BCUT2D eigenvalue weighted by molar-refractivity contribution is 0.181. The largest absolute Gasteiger partial charge is 0.381 e. The summed E-state index contributed by atoms with van der Waals surface area (Å²) in [5, 5.41) is 3.49. The van der Waals surface area contributed by atoms with Gasteiger partial charge in [0, 0.05) is 19.3 Å². The summed E-state index contributed by atoms with van der Waals surface area (Å²) in [6.45, 7) is 4.27. The van der Waals surface area contributed by atoms with Gasteiger partial charge in [0.15, 0.2) is 0 Å². The average Bonchev–Trinajstić information content (AvgIpc) is 2.93. The molecule has 0 amide bonds. The van der Waals surface area contributed by atoms with E-state index in [2.05, 4.69) is 19.3 Å². The molecule has 2 atom stereocenters. The van der Waals surface area contributed by atoms with Gasteiger partial charge in [0.1, 0.15) is 0 Å². The first-order valence-corrected chi connectivity index (χ1v) is 8.61. The highest BCUT2D eigenvalue weighted by molar-refractivity contribution is 4.73. The summed E-state index contributed by atoms with van der Waals surface area (Å²) in [6, 6.07) is 0.715. The Morgan fingerprint density at radius 2 is 1.74 bits per heavy atom. The van der Waals surface area contributed by atoms with Gasteiger partial charge in [-0.05, 0) is 32.2 Å². The first-order valence-electron chi connectivity index (χ1n) is 8.61. The number of unbranched alkanes of at least 4 members (excludes halogenated alkanes) is 7. The molecule has 0 aromatic carbocycles. The van der Waals surface area contributed by atoms with Gasteiger partial charge in [0.05, 0.1) is 0 Å². The summed E-state index contributed by atoms with van der Waals surface area (Å²) in [5.74, 6) is 0.812. The first-order chi connectivity index (χ1) is 9.36. The van der Waals surface area contributed by atoms with Crippen LogP contribution in [-0.2, 0) is 4.74 Å². The van der Waals surface area contributed by atoms with Gasteiger partial charge in [0.2, 0.25) is 0 Å². The van der Waals surface area contributed by atoms with Crippen LogP contribution in [0.25, 0.3) is 0 Å². The Bertz CT molecular complexity index is 190. The Hall–Kier alpha value is -0.0800. The van der Waals surface area contributed by atoms with Crippen molar-refractivity contribution in [2.75, 3.05) is 20.3 Å². The molecule has 0 aromatic heterocycles. The Morgan fingerprint density at radius 1 is 1.05 bits per heavy atom. The maximum absolute atomic E-state index is 5.46. The number of ether oxygens (including phenoxy) is 1. The van der Waals surface area contributed by atoms with Crippen LogP contribution < -0.4 is 5.32 Å². The standard InChI is InChI=1S/C17H35NO/c1-3-4-5-6-7-8-9-10-11-17(18-2)14-16-12-13-19-15-16/h16-18H,3-15H2,1-2H3. The van der Waals surface area contributed by atoms with Crippen molar-refractivity contribution in [3.63, 3.8) is 0 Å². The van der Waals surface area contributed by atoms with Crippen molar-refractivity contribution in [3.05, 3.63) is 0 Å². The lowest BCUT2D eigenvalue weighted by Gasteiger charge is -2.19. The minimum absolute atomic E-state index is 0.715. The van der Waals surface area contributed by atoms with Gasteiger partial charge in [-0.3, -0.25) is 0 Å². The Kier molecular flexibility index (Phi) is 10.5. The summed E-state index contributed by atoms with van der Waals surface area (Å²) in [6.07, 6.45) is 15.3. The van der Waals surface area contributed by atoms with Crippen molar-refractivity contribution in [1.29, 1.82) is 0 Å². The molecule has 1 aliphatic heterocycles. The van der Waals surface area contributed by atoms with Crippen LogP contribution in [-0.4, -0.2) is 26.3 Å². The highest BCUT2D eigenvalue weighted by atomic mass is 16.5. The minimum Gasteiger partial charge on any atom is -0.381 e. The van der Waals surface area contributed by atoms with E-state index in [9.17, 15) is 0 Å². The van der Waals surface area contributed by atoms with E-state index in [-0.39, 0.29) is 0 Å². The second-order valence-electron chi connectivity index (χ2n) is 6.21. The number of nitrogens with one attached hydrogen (secondary N) is 1. The molecule has 1 heterocycles. The molecular formula is C17H35NO. The van der Waals surface area contributed by atoms with E-state index in [0.717, 1.165) is 19.1 Å². The third kappa shape index (κ3) is 8.65. The topological polar surface area (TPSA) is 21.3 Å². The molecule has 0 saturated carbocycles. The van der Waals surface area contributed by atoms with E-state index in [1.807, 2.05) is 0 Å². The minimum atomic E-state index is 0.715.